The third-order valence-electron chi connectivity index (χ3n) is 4.63. The standard InChI is InChI=1S/C18H14Br2O8/c1-18(25)12-11(9(15(22)26-2)6-27-17(12)24)13(21)14(18)28-16(23)8-4-3-7(19)5-10(8)20/h3-5,12,14,25H,6H2,1-2H3/t12-,14+,18-/m1/s1. The molecule has 2 aliphatic rings. The van der Waals surface area contributed by atoms with Gasteiger partial charge in [-0.15, -0.1) is 0 Å². The van der Waals surface area contributed by atoms with Crippen LogP contribution >= 0.6 is 31.9 Å². The van der Waals surface area contributed by atoms with Gasteiger partial charge in [0.2, 0.25) is 5.78 Å². The summed E-state index contributed by atoms with van der Waals surface area (Å²) in [5.41, 5.74) is -2.41. The fraction of sp³-hybridized carbons (Fsp3) is 0.333. The first-order valence-corrected chi connectivity index (χ1v) is 9.58. The maximum absolute atomic E-state index is 12.9. The Bertz CT molecular complexity index is 934. The van der Waals surface area contributed by atoms with Gasteiger partial charge >= 0.3 is 17.9 Å². The maximum Gasteiger partial charge on any atom is 0.340 e. The van der Waals surface area contributed by atoms with Gasteiger partial charge in [-0.25, -0.2) is 9.59 Å². The third kappa shape index (κ3) is 3.29. The lowest BCUT2D eigenvalue weighted by Crippen LogP contribution is -2.48. The lowest BCUT2D eigenvalue weighted by molar-refractivity contribution is -0.160. The molecule has 1 heterocycles. The van der Waals surface area contributed by atoms with Gasteiger partial charge in [-0.1, -0.05) is 15.9 Å². The summed E-state index contributed by atoms with van der Waals surface area (Å²) < 4.78 is 15.9. The van der Waals surface area contributed by atoms with E-state index in [0.717, 1.165) is 7.11 Å². The number of benzene rings is 1. The quantitative estimate of drug-likeness (QED) is 0.476. The Morgan fingerprint density at radius 2 is 1.93 bits per heavy atom. The second-order valence-electron chi connectivity index (χ2n) is 6.42. The van der Waals surface area contributed by atoms with E-state index in [4.69, 9.17) is 9.47 Å². The van der Waals surface area contributed by atoms with Crippen molar-refractivity contribution in [3.05, 3.63) is 43.9 Å². The number of ketones is 1. The Balaban J connectivity index is 2.01. The highest BCUT2D eigenvalue weighted by Crippen LogP contribution is 2.44. The van der Waals surface area contributed by atoms with E-state index < -0.39 is 47.9 Å². The van der Waals surface area contributed by atoms with Crippen LogP contribution in [0.4, 0.5) is 0 Å². The number of carbonyl (C=O) groups excluding carboxylic acids is 4. The van der Waals surface area contributed by atoms with Crippen molar-refractivity contribution >= 4 is 55.6 Å². The lowest BCUT2D eigenvalue weighted by Gasteiger charge is -2.30. The lowest BCUT2D eigenvalue weighted by atomic mass is 9.86. The summed E-state index contributed by atoms with van der Waals surface area (Å²) >= 11 is 6.49. The molecule has 3 rings (SSSR count). The van der Waals surface area contributed by atoms with Crippen LogP contribution in [0.25, 0.3) is 0 Å². The Hall–Kier alpha value is -2.04. The first-order valence-electron chi connectivity index (χ1n) is 8.00. The van der Waals surface area contributed by atoms with E-state index in [1.165, 1.54) is 13.0 Å². The molecule has 0 aromatic heterocycles. The number of ether oxygens (including phenoxy) is 3. The number of hydrogen-bond donors (Lipinski definition) is 1. The van der Waals surface area contributed by atoms with Gasteiger partial charge < -0.3 is 19.3 Å². The van der Waals surface area contributed by atoms with E-state index in [1.807, 2.05) is 0 Å². The van der Waals surface area contributed by atoms with Crippen molar-refractivity contribution in [2.75, 3.05) is 13.7 Å². The molecule has 0 saturated heterocycles. The highest BCUT2D eigenvalue weighted by molar-refractivity contribution is 9.11. The fourth-order valence-corrected chi connectivity index (χ4v) is 4.48. The van der Waals surface area contributed by atoms with Gasteiger partial charge in [-0.05, 0) is 41.1 Å². The van der Waals surface area contributed by atoms with Crippen molar-refractivity contribution < 1.29 is 38.5 Å². The second kappa shape index (κ2) is 7.41. The average molecular weight is 518 g/mol. The molecule has 0 amide bonds. The normalized spacial score (nSPS) is 26.6. The number of methoxy groups -OCH3 is 1. The number of Topliss-reactive ketones (excluding diaryl/α,β-unsaturated/α-hetero) is 1. The van der Waals surface area contributed by atoms with Crippen LogP contribution in [0.2, 0.25) is 0 Å². The van der Waals surface area contributed by atoms with Gasteiger partial charge in [0.1, 0.15) is 18.1 Å². The Kier molecular flexibility index (Phi) is 5.48. The van der Waals surface area contributed by atoms with Crippen molar-refractivity contribution in [3.63, 3.8) is 0 Å². The number of aliphatic hydroxyl groups is 1. The van der Waals surface area contributed by atoms with Crippen molar-refractivity contribution in [1.29, 1.82) is 0 Å². The molecule has 28 heavy (non-hydrogen) atoms. The summed E-state index contributed by atoms with van der Waals surface area (Å²) in [4.78, 5) is 49.7. The van der Waals surface area contributed by atoms with Crippen molar-refractivity contribution in [3.8, 4) is 0 Å². The molecule has 1 saturated carbocycles. The van der Waals surface area contributed by atoms with Gasteiger partial charge in [0.25, 0.3) is 0 Å². The number of halogens is 2. The molecule has 1 N–H and O–H groups in total. The van der Waals surface area contributed by atoms with Gasteiger partial charge in [-0.3, -0.25) is 9.59 Å². The average Bonchev–Trinajstić information content (AvgIpc) is 2.82. The number of rotatable bonds is 3. The minimum atomic E-state index is -2.10. The van der Waals surface area contributed by atoms with Gasteiger partial charge in [0.05, 0.1) is 18.2 Å². The smallest absolute Gasteiger partial charge is 0.340 e. The Morgan fingerprint density at radius 3 is 2.54 bits per heavy atom. The third-order valence-corrected chi connectivity index (χ3v) is 5.78. The zero-order valence-corrected chi connectivity index (χ0v) is 17.8. The number of cyclic esters (lactones) is 1. The first-order chi connectivity index (χ1) is 13.1. The predicted molar refractivity (Wildman–Crippen MR) is 100 cm³/mol. The second-order valence-corrected chi connectivity index (χ2v) is 8.19. The molecule has 1 aliphatic heterocycles. The van der Waals surface area contributed by atoms with Crippen LogP contribution in [-0.4, -0.2) is 54.2 Å². The number of hydrogen-bond acceptors (Lipinski definition) is 8. The first kappa shape index (κ1) is 20.7. The summed E-state index contributed by atoms with van der Waals surface area (Å²) in [5.74, 6) is -4.93. The highest BCUT2D eigenvalue weighted by atomic mass is 79.9. The van der Waals surface area contributed by atoms with Crippen LogP contribution in [0.5, 0.6) is 0 Å². The highest BCUT2D eigenvalue weighted by Gasteiger charge is 2.63. The minimum Gasteiger partial charge on any atom is -0.466 e. The summed E-state index contributed by atoms with van der Waals surface area (Å²) in [6, 6.07) is 4.68. The molecular formula is C18H14Br2O8. The summed E-state index contributed by atoms with van der Waals surface area (Å²) in [5, 5.41) is 10.9. The SMILES string of the molecule is COC(=O)C1=C2C(=O)[C@H](OC(=O)c3ccc(Br)cc3Br)[C@](C)(O)[C@H]2C(=O)OC1. The van der Waals surface area contributed by atoms with Crippen molar-refractivity contribution in [2.45, 2.75) is 18.6 Å². The minimum absolute atomic E-state index is 0.117. The molecule has 3 atom stereocenters. The Morgan fingerprint density at radius 1 is 1.25 bits per heavy atom. The fourth-order valence-electron chi connectivity index (χ4n) is 3.27. The van der Waals surface area contributed by atoms with E-state index in [0.29, 0.717) is 8.95 Å². The molecule has 0 spiro atoms. The molecule has 0 bridgehead atoms. The summed E-state index contributed by atoms with van der Waals surface area (Å²) in [6.45, 7) is 0.719. The van der Waals surface area contributed by atoms with Gasteiger partial charge in [0, 0.05) is 14.5 Å². The molecule has 1 aromatic rings. The zero-order chi connectivity index (χ0) is 20.8. The zero-order valence-electron chi connectivity index (χ0n) is 14.7. The molecular weight excluding hydrogens is 504 g/mol. The molecule has 0 radical (unpaired) electrons. The van der Waals surface area contributed by atoms with Gasteiger partial charge in [0.15, 0.2) is 6.10 Å². The topological polar surface area (TPSA) is 116 Å². The monoisotopic (exact) mass is 516 g/mol. The van der Waals surface area contributed by atoms with Crippen LogP contribution in [-0.2, 0) is 28.6 Å². The molecule has 8 nitrogen and oxygen atoms in total. The largest absolute Gasteiger partial charge is 0.466 e. The number of esters is 3. The van der Waals surface area contributed by atoms with E-state index in [2.05, 4.69) is 36.6 Å². The number of carbonyl (C=O) groups is 4. The van der Waals surface area contributed by atoms with E-state index in [1.54, 1.807) is 12.1 Å². The van der Waals surface area contributed by atoms with Crippen LogP contribution in [0, 0.1) is 5.92 Å². The van der Waals surface area contributed by atoms with Crippen LogP contribution in [0.3, 0.4) is 0 Å². The van der Waals surface area contributed by atoms with E-state index >= 15 is 0 Å². The maximum atomic E-state index is 12.9. The molecule has 1 fully saturated rings. The van der Waals surface area contributed by atoms with Crippen LogP contribution in [0.15, 0.2) is 38.3 Å². The molecule has 0 unspecified atom stereocenters. The van der Waals surface area contributed by atoms with E-state index in [-0.39, 0.29) is 16.7 Å². The van der Waals surface area contributed by atoms with Crippen molar-refractivity contribution in [2.24, 2.45) is 5.92 Å². The summed E-state index contributed by atoms with van der Waals surface area (Å²) in [6.07, 6.45) is -1.69. The number of fused-ring (bicyclic) bond motifs is 1. The molecule has 1 aliphatic carbocycles. The Labute approximate surface area is 176 Å². The van der Waals surface area contributed by atoms with Gasteiger partial charge in [-0.2, -0.15) is 0 Å². The molecule has 148 valence electrons. The van der Waals surface area contributed by atoms with Crippen molar-refractivity contribution in [1.82, 2.24) is 0 Å². The van der Waals surface area contributed by atoms with Crippen LogP contribution in [0.1, 0.15) is 17.3 Å². The van der Waals surface area contributed by atoms with E-state index in [9.17, 15) is 24.3 Å². The summed E-state index contributed by atoms with van der Waals surface area (Å²) in [7, 11) is 1.11. The molecule has 10 heteroatoms. The predicted octanol–water partition coefficient (Wildman–Crippen LogP) is 1.71. The van der Waals surface area contributed by atoms with Crippen LogP contribution < -0.4 is 0 Å². The molecule has 1 aromatic carbocycles.